The van der Waals surface area contributed by atoms with Crippen LogP contribution in [0.5, 0.6) is 0 Å². The van der Waals surface area contributed by atoms with Gasteiger partial charge in [0.25, 0.3) is 5.91 Å². The van der Waals surface area contributed by atoms with Gasteiger partial charge in [-0.2, -0.15) is 5.26 Å². The maximum Gasteiger partial charge on any atom is 0.329 e. The second-order valence-corrected chi connectivity index (χ2v) is 8.48. The highest BCUT2D eigenvalue weighted by Crippen LogP contribution is 2.39. The molecular weight excluding hydrogens is 374 g/mol. The van der Waals surface area contributed by atoms with E-state index in [1.807, 2.05) is 0 Å². The Bertz CT molecular complexity index is 713. The Morgan fingerprint density at radius 3 is 2.21 bits per heavy atom. The third-order valence-electron chi connectivity index (χ3n) is 6.85. The Hall–Kier alpha value is -2.43. The Kier molecular flexibility index (Phi) is 6.25. The van der Waals surface area contributed by atoms with Crippen LogP contribution in [0.2, 0.25) is 0 Å². The zero-order chi connectivity index (χ0) is 21.2. The lowest BCUT2D eigenvalue weighted by Crippen LogP contribution is -2.51. The summed E-state index contributed by atoms with van der Waals surface area (Å²) >= 11 is 0. The lowest BCUT2D eigenvalue weighted by molar-refractivity contribution is -0.161. The van der Waals surface area contributed by atoms with Crippen molar-refractivity contribution in [1.82, 2.24) is 9.80 Å². The van der Waals surface area contributed by atoms with Gasteiger partial charge in [-0.1, -0.05) is 32.1 Å². The van der Waals surface area contributed by atoms with Crippen molar-refractivity contribution in [2.75, 3.05) is 13.7 Å². The molecule has 8 nitrogen and oxygen atoms in total. The van der Waals surface area contributed by atoms with Gasteiger partial charge in [-0.3, -0.25) is 19.3 Å². The molecule has 1 heterocycles. The van der Waals surface area contributed by atoms with Gasteiger partial charge in [0.2, 0.25) is 11.8 Å². The highest BCUT2D eigenvalue weighted by Gasteiger charge is 2.51. The number of carbonyl (C=O) groups excluding carboxylic acids is 4. The van der Waals surface area contributed by atoms with Crippen LogP contribution in [0.15, 0.2) is 0 Å². The van der Waals surface area contributed by atoms with E-state index in [4.69, 9.17) is 4.74 Å². The zero-order valence-corrected chi connectivity index (χ0v) is 17.2. The van der Waals surface area contributed by atoms with E-state index in [2.05, 4.69) is 6.07 Å². The second kappa shape index (κ2) is 8.52. The zero-order valence-electron chi connectivity index (χ0n) is 17.2. The number of ether oxygens (including phenoxy) is 1. The fourth-order valence-electron chi connectivity index (χ4n) is 4.92. The van der Waals surface area contributed by atoms with Crippen LogP contribution in [0.25, 0.3) is 0 Å². The first kappa shape index (κ1) is 21.3. The molecule has 29 heavy (non-hydrogen) atoms. The highest BCUT2D eigenvalue weighted by atomic mass is 16.5. The first-order valence-electron chi connectivity index (χ1n) is 10.5. The second-order valence-electron chi connectivity index (χ2n) is 8.48. The quantitative estimate of drug-likeness (QED) is 0.511. The van der Waals surface area contributed by atoms with Crippen LogP contribution >= 0.6 is 0 Å². The number of carbonyl (C=O) groups is 4. The van der Waals surface area contributed by atoms with Crippen molar-refractivity contribution in [3.63, 3.8) is 0 Å². The largest absolute Gasteiger partial charge is 0.454 e. The third kappa shape index (κ3) is 3.87. The molecule has 0 aromatic carbocycles. The SMILES string of the molecule is CC(C(=O)OCC(=O)N(C)C1(C#N)CCCCC1)N1C(=O)C2CCCCC2C1=O. The summed E-state index contributed by atoms with van der Waals surface area (Å²) in [5.41, 5.74) is -0.857. The fraction of sp³-hybridized carbons (Fsp3) is 0.762. The number of esters is 1. The summed E-state index contributed by atoms with van der Waals surface area (Å²) in [5, 5.41) is 9.60. The van der Waals surface area contributed by atoms with Gasteiger partial charge in [0.05, 0.1) is 17.9 Å². The average molecular weight is 403 g/mol. The predicted molar refractivity (Wildman–Crippen MR) is 102 cm³/mol. The number of hydrogen-bond donors (Lipinski definition) is 0. The number of nitrogens with zero attached hydrogens (tertiary/aromatic N) is 3. The summed E-state index contributed by atoms with van der Waals surface area (Å²) in [6.45, 7) is 0.952. The van der Waals surface area contributed by atoms with E-state index in [-0.39, 0.29) is 23.7 Å². The maximum atomic E-state index is 12.6. The average Bonchev–Trinajstić information content (AvgIpc) is 3.01. The van der Waals surface area contributed by atoms with E-state index in [9.17, 15) is 24.4 Å². The molecule has 0 aromatic rings. The Morgan fingerprint density at radius 2 is 1.69 bits per heavy atom. The minimum absolute atomic E-state index is 0.307. The summed E-state index contributed by atoms with van der Waals surface area (Å²) < 4.78 is 5.14. The van der Waals surface area contributed by atoms with Gasteiger partial charge in [0.1, 0.15) is 11.6 Å². The molecule has 3 amide bonds. The molecule has 158 valence electrons. The number of likely N-dealkylation sites (N-methyl/N-ethyl adjacent to an activating group) is 1. The number of likely N-dealkylation sites (tertiary alicyclic amines) is 1. The van der Waals surface area contributed by atoms with E-state index in [1.165, 1.54) is 11.8 Å². The van der Waals surface area contributed by atoms with Crippen LogP contribution in [0, 0.1) is 23.2 Å². The smallest absolute Gasteiger partial charge is 0.329 e. The lowest BCUT2D eigenvalue weighted by atomic mass is 9.81. The molecule has 0 N–H and O–H groups in total. The molecule has 3 fully saturated rings. The van der Waals surface area contributed by atoms with Gasteiger partial charge in [0.15, 0.2) is 6.61 Å². The third-order valence-corrected chi connectivity index (χ3v) is 6.85. The monoisotopic (exact) mass is 403 g/mol. The van der Waals surface area contributed by atoms with Crippen molar-refractivity contribution < 1.29 is 23.9 Å². The van der Waals surface area contributed by atoms with E-state index < -0.39 is 30.1 Å². The van der Waals surface area contributed by atoms with Gasteiger partial charge in [0, 0.05) is 7.05 Å². The Balaban J connectivity index is 1.58. The van der Waals surface area contributed by atoms with Crippen molar-refractivity contribution in [2.45, 2.75) is 76.3 Å². The van der Waals surface area contributed by atoms with E-state index in [0.29, 0.717) is 25.7 Å². The minimum atomic E-state index is -1.06. The number of nitriles is 1. The van der Waals surface area contributed by atoms with Gasteiger partial charge < -0.3 is 9.64 Å². The normalized spacial score (nSPS) is 27.0. The number of amides is 3. The summed E-state index contributed by atoms with van der Waals surface area (Å²) in [5.74, 6) is -2.51. The first-order chi connectivity index (χ1) is 13.8. The molecule has 3 rings (SSSR count). The van der Waals surface area contributed by atoms with E-state index in [1.54, 1.807) is 7.05 Å². The molecule has 8 heteroatoms. The molecule has 2 saturated carbocycles. The summed E-state index contributed by atoms with van der Waals surface area (Å²) in [6, 6.07) is 1.20. The van der Waals surface area contributed by atoms with E-state index in [0.717, 1.165) is 37.0 Å². The van der Waals surface area contributed by atoms with Crippen molar-refractivity contribution in [2.24, 2.45) is 11.8 Å². The van der Waals surface area contributed by atoms with Gasteiger partial charge >= 0.3 is 5.97 Å². The molecule has 1 aliphatic heterocycles. The van der Waals surface area contributed by atoms with Gasteiger partial charge in [-0.25, -0.2) is 4.79 Å². The molecule has 0 radical (unpaired) electrons. The summed E-state index contributed by atoms with van der Waals surface area (Å²) in [7, 11) is 1.56. The molecule has 3 unspecified atom stereocenters. The van der Waals surface area contributed by atoms with Crippen molar-refractivity contribution in [1.29, 1.82) is 5.26 Å². The number of hydrogen-bond acceptors (Lipinski definition) is 6. The molecule has 1 saturated heterocycles. The number of imide groups is 1. The molecule has 0 bridgehead atoms. The van der Waals surface area contributed by atoms with Crippen molar-refractivity contribution in [3.8, 4) is 6.07 Å². The van der Waals surface area contributed by atoms with Crippen LogP contribution in [0.3, 0.4) is 0 Å². The molecular formula is C21H29N3O5. The molecule has 0 spiro atoms. The first-order valence-corrected chi connectivity index (χ1v) is 10.5. The minimum Gasteiger partial charge on any atom is -0.454 e. The maximum absolute atomic E-state index is 12.6. The van der Waals surface area contributed by atoms with Crippen LogP contribution in [-0.2, 0) is 23.9 Å². The number of rotatable bonds is 5. The van der Waals surface area contributed by atoms with Gasteiger partial charge in [-0.05, 0) is 32.6 Å². The van der Waals surface area contributed by atoms with Crippen LogP contribution in [0.4, 0.5) is 0 Å². The van der Waals surface area contributed by atoms with E-state index >= 15 is 0 Å². The molecule has 0 aromatic heterocycles. The standard InChI is InChI=1S/C21H29N3O5/c1-14(24-18(26)15-8-4-5-9-16(15)19(24)27)20(28)29-12-17(25)23(2)21(13-22)10-6-3-7-11-21/h14-16H,3-12H2,1-2H3. The topological polar surface area (TPSA) is 108 Å². The predicted octanol–water partition coefficient (Wildman–Crippen LogP) is 1.78. The van der Waals surface area contributed by atoms with Crippen molar-refractivity contribution in [3.05, 3.63) is 0 Å². The highest BCUT2D eigenvalue weighted by molar-refractivity contribution is 6.07. The molecule has 3 aliphatic rings. The fourth-order valence-corrected chi connectivity index (χ4v) is 4.92. The van der Waals surface area contributed by atoms with Crippen LogP contribution < -0.4 is 0 Å². The van der Waals surface area contributed by atoms with Crippen LogP contribution in [0.1, 0.15) is 64.7 Å². The Morgan fingerprint density at radius 1 is 1.14 bits per heavy atom. The van der Waals surface area contributed by atoms with Crippen LogP contribution in [-0.4, -0.2) is 58.7 Å². The summed E-state index contributed by atoms with van der Waals surface area (Å²) in [4.78, 5) is 52.6. The van der Waals surface area contributed by atoms with Crippen molar-refractivity contribution >= 4 is 23.7 Å². The Labute approximate surface area is 171 Å². The van der Waals surface area contributed by atoms with Gasteiger partial charge in [-0.15, -0.1) is 0 Å². The number of fused-ring (bicyclic) bond motifs is 1. The lowest BCUT2D eigenvalue weighted by Gasteiger charge is -2.38. The summed E-state index contributed by atoms with van der Waals surface area (Å²) in [6.07, 6.45) is 7.18. The molecule has 3 atom stereocenters. The molecule has 2 aliphatic carbocycles.